The normalized spacial score (nSPS) is 23.6. The summed E-state index contributed by atoms with van der Waals surface area (Å²) in [5.41, 5.74) is 0.454. The molecule has 0 spiro atoms. The zero-order chi connectivity index (χ0) is 14.9. The molecule has 6 heteroatoms. The first kappa shape index (κ1) is 15.4. The number of carbonyl (C=O) groups is 1. The second kappa shape index (κ2) is 6.20. The smallest absolute Gasteiger partial charge is 0.306 e. The van der Waals surface area contributed by atoms with Gasteiger partial charge in [-0.25, -0.2) is 0 Å². The number of ether oxygens (including phenoxy) is 1. The molecule has 1 aromatic rings. The molecule has 110 valence electrons. The summed E-state index contributed by atoms with van der Waals surface area (Å²) in [7, 11) is 1.48. The van der Waals surface area contributed by atoms with Crippen LogP contribution in [-0.4, -0.2) is 23.3 Å². The van der Waals surface area contributed by atoms with Crippen LogP contribution in [0.25, 0.3) is 0 Å². The van der Waals surface area contributed by atoms with E-state index in [0.717, 1.165) is 6.42 Å². The van der Waals surface area contributed by atoms with Gasteiger partial charge in [-0.2, -0.15) is 0 Å². The SMILES string of the molecule is COc1cc(Cl)c(C(O)C2CCCC2C(=O)O)cc1Cl. The largest absolute Gasteiger partial charge is 0.495 e. The highest BCUT2D eigenvalue weighted by Crippen LogP contribution is 2.44. The molecule has 1 saturated carbocycles. The van der Waals surface area contributed by atoms with E-state index in [-0.39, 0.29) is 5.92 Å². The van der Waals surface area contributed by atoms with Crippen LogP contribution in [0.3, 0.4) is 0 Å². The maximum absolute atomic E-state index is 11.2. The molecule has 1 aliphatic rings. The number of hydrogen-bond acceptors (Lipinski definition) is 3. The van der Waals surface area contributed by atoms with Gasteiger partial charge in [0.1, 0.15) is 5.75 Å². The van der Waals surface area contributed by atoms with Crippen LogP contribution in [0.15, 0.2) is 12.1 Å². The van der Waals surface area contributed by atoms with E-state index in [4.69, 9.17) is 27.9 Å². The van der Waals surface area contributed by atoms with Crippen molar-refractivity contribution in [1.82, 2.24) is 0 Å². The van der Waals surface area contributed by atoms with E-state index in [2.05, 4.69) is 0 Å². The molecule has 2 rings (SSSR count). The van der Waals surface area contributed by atoms with Crippen LogP contribution in [-0.2, 0) is 4.79 Å². The average Bonchev–Trinajstić information content (AvgIpc) is 2.89. The highest BCUT2D eigenvalue weighted by molar-refractivity contribution is 6.34. The molecule has 0 amide bonds. The van der Waals surface area contributed by atoms with Crippen molar-refractivity contribution in [3.63, 3.8) is 0 Å². The lowest BCUT2D eigenvalue weighted by Crippen LogP contribution is -2.24. The minimum atomic E-state index is -0.936. The van der Waals surface area contributed by atoms with Gasteiger partial charge < -0.3 is 14.9 Å². The van der Waals surface area contributed by atoms with Crippen molar-refractivity contribution >= 4 is 29.2 Å². The first-order valence-corrected chi connectivity index (χ1v) is 7.15. The van der Waals surface area contributed by atoms with Gasteiger partial charge in [0.2, 0.25) is 0 Å². The van der Waals surface area contributed by atoms with E-state index in [1.807, 2.05) is 0 Å². The fourth-order valence-corrected chi connectivity index (χ4v) is 3.35. The van der Waals surface area contributed by atoms with Crippen molar-refractivity contribution in [2.24, 2.45) is 11.8 Å². The lowest BCUT2D eigenvalue weighted by atomic mass is 9.87. The Morgan fingerprint density at radius 2 is 2.05 bits per heavy atom. The number of carboxylic acid groups (broad SMARTS) is 1. The third-order valence-corrected chi connectivity index (χ3v) is 4.50. The Labute approximate surface area is 127 Å². The fraction of sp³-hybridized carbons (Fsp3) is 0.500. The molecule has 1 aliphatic carbocycles. The number of hydrogen-bond donors (Lipinski definition) is 2. The van der Waals surface area contributed by atoms with Crippen LogP contribution in [0.2, 0.25) is 10.0 Å². The molecule has 0 aliphatic heterocycles. The van der Waals surface area contributed by atoms with E-state index < -0.39 is 18.0 Å². The summed E-state index contributed by atoms with van der Waals surface area (Å²) in [6.45, 7) is 0. The molecule has 0 radical (unpaired) electrons. The monoisotopic (exact) mass is 318 g/mol. The molecule has 0 aromatic heterocycles. The van der Waals surface area contributed by atoms with Gasteiger partial charge in [0.15, 0.2) is 0 Å². The second-order valence-corrected chi connectivity index (χ2v) is 5.81. The molecule has 3 unspecified atom stereocenters. The van der Waals surface area contributed by atoms with E-state index in [1.54, 1.807) is 6.07 Å². The fourth-order valence-electron chi connectivity index (χ4n) is 2.83. The van der Waals surface area contributed by atoms with Crippen LogP contribution >= 0.6 is 23.2 Å². The number of aliphatic hydroxyl groups is 1. The zero-order valence-electron chi connectivity index (χ0n) is 11.0. The van der Waals surface area contributed by atoms with Gasteiger partial charge >= 0.3 is 5.97 Å². The van der Waals surface area contributed by atoms with Crippen LogP contribution < -0.4 is 4.74 Å². The topological polar surface area (TPSA) is 66.8 Å². The minimum Gasteiger partial charge on any atom is -0.495 e. The average molecular weight is 319 g/mol. The molecule has 0 heterocycles. The van der Waals surface area contributed by atoms with Crippen LogP contribution in [0, 0.1) is 11.8 Å². The molecule has 2 N–H and O–H groups in total. The first-order chi connectivity index (χ1) is 9.45. The highest BCUT2D eigenvalue weighted by atomic mass is 35.5. The van der Waals surface area contributed by atoms with E-state index in [0.29, 0.717) is 34.2 Å². The number of carboxylic acids is 1. The van der Waals surface area contributed by atoms with E-state index in [9.17, 15) is 15.0 Å². The first-order valence-electron chi connectivity index (χ1n) is 6.39. The Morgan fingerprint density at radius 1 is 1.35 bits per heavy atom. The Morgan fingerprint density at radius 3 is 2.65 bits per heavy atom. The Bertz CT molecular complexity index is 518. The Hall–Kier alpha value is -0.970. The summed E-state index contributed by atoms with van der Waals surface area (Å²) in [5, 5.41) is 20.3. The van der Waals surface area contributed by atoms with Gasteiger partial charge in [-0.1, -0.05) is 29.6 Å². The van der Waals surface area contributed by atoms with Gasteiger partial charge in [0.25, 0.3) is 0 Å². The number of rotatable bonds is 4. The van der Waals surface area contributed by atoms with Crippen molar-refractivity contribution in [3.8, 4) is 5.75 Å². The lowest BCUT2D eigenvalue weighted by Gasteiger charge is -2.23. The van der Waals surface area contributed by atoms with Gasteiger partial charge in [-0.3, -0.25) is 4.79 Å². The summed E-state index contributed by atoms with van der Waals surface area (Å²) in [6.07, 6.45) is 1.10. The molecule has 4 nitrogen and oxygen atoms in total. The second-order valence-electron chi connectivity index (χ2n) is 4.99. The molecule has 3 atom stereocenters. The number of aliphatic carboxylic acids is 1. The quantitative estimate of drug-likeness (QED) is 0.891. The van der Waals surface area contributed by atoms with Crippen molar-refractivity contribution < 1.29 is 19.7 Å². The number of halogens is 2. The summed E-state index contributed by atoms with van der Waals surface area (Å²) >= 11 is 12.2. The van der Waals surface area contributed by atoms with Crippen LogP contribution in [0.1, 0.15) is 30.9 Å². The van der Waals surface area contributed by atoms with E-state index in [1.165, 1.54) is 13.2 Å². The van der Waals surface area contributed by atoms with Crippen molar-refractivity contribution in [2.75, 3.05) is 7.11 Å². The number of methoxy groups -OCH3 is 1. The predicted molar refractivity (Wildman–Crippen MR) is 76.4 cm³/mol. The maximum Gasteiger partial charge on any atom is 0.306 e. The molecule has 1 aromatic carbocycles. The lowest BCUT2D eigenvalue weighted by molar-refractivity contribution is -0.144. The maximum atomic E-state index is 11.2. The third kappa shape index (κ3) is 2.87. The van der Waals surface area contributed by atoms with Crippen molar-refractivity contribution in [2.45, 2.75) is 25.4 Å². The molecule has 0 bridgehead atoms. The van der Waals surface area contributed by atoms with Crippen LogP contribution in [0.4, 0.5) is 0 Å². The third-order valence-electron chi connectivity index (χ3n) is 3.88. The van der Waals surface area contributed by atoms with Crippen molar-refractivity contribution in [3.05, 3.63) is 27.7 Å². The minimum absolute atomic E-state index is 0.329. The van der Waals surface area contributed by atoms with Crippen molar-refractivity contribution in [1.29, 1.82) is 0 Å². The molecular formula is C14H16Cl2O4. The van der Waals surface area contributed by atoms with Crippen LogP contribution in [0.5, 0.6) is 5.75 Å². The van der Waals surface area contributed by atoms with E-state index >= 15 is 0 Å². The molecule has 20 heavy (non-hydrogen) atoms. The summed E-state index contributed by atoms with van der Waals surface area (Å²) in [6, 6.07) is 3.08. The summed E-state index contributed by atoms with van der Waals surface area (Å²) in [5.74, 6) is -1.33. The Kier molecular flexibility index (Phi) is 4.78. The molecular weight excluding hydrogens is 303 g/mol. The highest BCUT2D eigenvalue weighted by Gasteiger charge is 2.38. The predicted octanol–water partition coefficient (Wildman–Crippen LogP) is 3.54. The summed E-state index contributed by atoms with van der Waals surface area (Å²) < 4.78 is 5.05. The van der Waals surface area contributed by atoms with Gasteiger partial charge in [-0.05, 0) is 18.9 Å². The number of aliphatic hydroxyl groups excluding tert-OH is 1. The zero-order valence-corrected chi connectivity index (χ0v) is 12.5. The summed E-state index contributed by atoms with van der Waals surface area (Å²) in [4.78, 5) is 11.2. The van der Waals surface area contributed by atoms with Gasteiger partial charge in [-0.15, -0.1) is 0 Å². The Balaban J connectivity index is 2.31. The molecule has 0 saturated heterocycles. The molecule has 1 fully saturated rings. The van der Waals surface area contributed by atoms with Gasteiger partial charge in [0.05, 0.1) is 29.2 Å². The van der Waals surface area contributed by atoms with Gasteiger partial charge in [0, 0.05) is 17.5 Å². The number of benzene rings is 1. The standard InChI is InChI=1S/C14H16Cl2O4/c1-20-12-6-10(15)9(5-11(12)16)13(17)7-3-2-4-8(7)14(18)19/h5-8,13,17H,2-4H2,1H3,(H,18,19).